The van der Waals surface area contributed by atoms with Crippen LogP contribution < -0.4 is 11.3 Å². The summed E-state index contributed by atoms with van der Waals surface area (Å²) in [5.41, 5.74) is 2.36. The van der Waals surface area contributed by atoms with Gasteiger partial charge in [0.1, 0.15) is 5.69 Å². The Kier molecular flexibility index (Phi) is 3.66. The van der Waals surface area contributed by atoms with Gasteiger partial charge in [-0.15, -0.1) is 0 Å². The summed E-state index contributed by atoms with van der Waals surface area (Å²) in [4.78, 5) is 24.3. The lowest BCUT2D eigenvalue weighted by atomic mass is 9.91. The third kappa shape index (κ3) is 2.37. The number of benzene rings is 1. The lowest BCUT2D eigenvalue weighted by Gasteiger charge is -2.35. The average molecular weight is 264 g/mol. The fourth-order valence-corrected chi connectivity index (χ4v) is 2.15. The second-order valence-corrected chi connectivity index (χ2v) is 4.60. The minimum Gasteiger partial charge on any atom is -0.339 e. The minimum absolute atomic E-state index is 0.0590. The van der Waals surface area contributed by atoms with Crippen molar-refractivity contribution in [2.75, 3.05) is 12.5 Å². The zero-order valence-electron chi connectivity index (χ0n) is 10.6. The summed E-state index contributed by atoms with van der Waals surface area (Å²) in [5, 5.41) is 10.9. The summed E-state index contributed by atoms with van der Waals surface area (Å²) < 4.78 is 0. The van der Waals surface area contributed by atoms with E-state index >= 15 is 0 Å². The third-order valence-electron chi connectivity index (χ3n) is 3.56. The van der Waals surface area contributed by atoms with Crippen LogP contribution in [0.3, 0.4) is 0 Å². The van der Waals surface area contributed by atoms with Crippen molar-refractivity contribution in [1.82, 2.24) is 4.90 Å². The van der Waals surface area contributed by atoms with Crippen molar-refractivity contribution in [1.29, 1.82) is 0 Å². The Balaban J connectivity index is 2.35. The molecule has 19 heavy (non-hydrogen) atoms. The summed E-state index contributed by atoms with van der Waals surface area (Å²) in [7, 11) is 1.71. The highest BCUT2D eigenvalue weighted by Gasteiger charge is 2.29. The number of carbonyl (C=O) groups excluding carboxylic acids is 1. The Bertz CT molecular complexity index is 514. The van der Waals surface area contributed by atoms with Gasteiger partial charge < -0.3 is 10.3 Å². The number of nitrogen functional groups attached to an aromatic ring is 1. The molecule has 1 aromatic carbocycles. The molecule has 0 radical (unpaired) electrons. The van der Waals surface area contributed by atoms with Gasteiger partial charge in [0.2, 0.25) is 0 Å². The van der Waals surface area contributed by atoms with Gasteiger partial charge in [-0.25, -0.2) is 0 Å². The van der Waals surface area contributed by atoms with Crippen LogP contribution in [0.2, 0.25) is 0 Å². The zero-order valence-corrected chi connectivity index (χ0v) is 10.6. The first-order chi connectivity index (χ1) is 9.06. The van der Waals surface area contributed by atoms with Gasteiger partial charge in [-0.2, -0.15) is 0 Å². The molecule has 1 amide bonds. The van der Waals surface area contributed by atoms with Crippen LogP contribution in [0.15, 0.2) is 18.2 Å². The number of para-hydroxylation sites is 1. The highest BCUT2D eigenvalue weighted by Crippen LogP contribution is 2.30. The largest absolute Gasteiger partial charge is 0.339 e. The average Bonchev–Trinajstić information content (AvgIpc) is 2.34. The van der Waals surface area contributed by atoms with Gasteiger partial charge in [0.25, 0.3) is 11.6 Å². The maximum Gasteiger partial charge on any atom is 0.294 e. The molecule has 0 unspecified atom stereocenters. The van der Waals surface area contributed by atoms with E-state index in [0.29, 0.717) is 0 Å². The van der Waals surface area contributed by atoms with Crippen molar-refractivity contribution in [3.05, 3.63) is 33.9 Å². The summed E-state index contributed by atoms with van der Waals surface area (Å²) in [6, 6.07) is 4.56. The first-order valence-corrected chi connectivity index (χ1v) is 6.07. The van der Waals surface area contributed by atoms with Crippen molar-refractivity contribution < 1.29 is 9.72 Å². The van der Waals surface area contributed by atoms with E-state index in [2.05, 4.69) is 5.43 Å². The normalized spacial score (nSPS) is 14.6. The van der Waals surface area contributed by atoms with Crippen LogP contribution >= 0.6 is 0 Å². The maximum atomic E-state index is 12.3. The monoisotopic (exact) mass is 264 g/mol. The number of nitrogens with one attached hydrogen (secondary N) is 1. The molecule has 0 aromatic heterocycles. The molecule has 1 aliphatic carbocycles. The van der Waals surface area contributed by atoms with Crippen LogP contribution in [0, 0.1) is 10.1 Å². The quantitative estimate of drug-likeness (QED) is 0.487. The molecule has 1 fully saturated rings. The molecule has 1 aromatic rings. The van der Waals surface area contributed by atoms with E-state index in [1.54, 1.807) is 18.0 Å². The van der Waals surface area contributed by atoms with E-state index in [9.17, 15) is 14.9 Å². The van der Waals surface area contributed by atoms with Gasteiger partial charge in [-0.05, 0) is 25.3 Å². The predicted octanol–water partition coefficient (Wildman–Crippen LogP) is 1.50. The van der Waals surface area contributed by atoms with Crippen LogP contribution in [-0.4, -0.2) is 28.8 Å². The zero-order chi connectivity index (χ0) is 14.0. The molecule has 1 saturated carbocycles. The number of nitrogens with zero attached hydrogens (tertiary/aromatic N) is 2. The SMILES string of the molecule is CN(C(=O)c1cccc([N+](=O)[O-])c1NN)C1CCC1. The maximum absolute atomic E-state index is 12.3. The minimum atomic E-state index is -0.560. The predicted molar refractivity (Wildman–Crippen MR) is 70.6 cm³/mol. The number of anilines is 1. The first-order valence-electron chi connectivity index (χ1n) is 6.07. The fraction of sp³-hybridized carbons (Fsp3) is 0.417. The molecule has 7 nitrogen and oxygen atoms in total. The van der Waals surface area contributed by atoms with Crippen LogP contribution in [0.4, 0.5) is 11.4 Å². The topological polar surface area (TPSA) is 102 Å². The lowest BCUT2D eigenvalue weighted by Crippen LogP contribution is -2.41. The number of hydrazine groups is 1. The lowest BCUT2D eigenvalue weighted by molar-refractivity contribution is -0.384. The highest BCUT2D eigenvalue weighted by molar-refractivity contribution is 6.01. The van der Waals surface area contributed by atoms with Crippen LogP contribution in [0.25, 0.3) is 0 Å². The fourth-order valence-electron chi connectivity index (χ4n) is 2.15. The molecule has 2 rings (SSSR count). The number of nitrogens with two attached hydrogens (primary N) is 1. The number of nitro groups is 1. The van der Waals surface area contributed by atoms with Gasteiger partial charge in [-0.1, -0.05) is 6.07 Å². The summed E-state index contributed by atoms with van der Waals surface area (Å²) in [6.45, 7) is 0. The van der Waals surface area contributed by atoms with Crippen LogP contribution in [0.1, 0.15) is 29.6 Å². The van der Waals surface area contributed by atoms with Crippen molar-refractivity contribution in [3.63, 3.8) is 0 Å². The highest BCUT2D eigenvalue weighted by atomic mass is 16.6. The third-order valence-corrected chi connectivity index (χ3v) is 3.56. The molecule has 7 heteroatoms. The second kappa shape index (κ2) is 5.23. The van der Waals surface area contributed by atoms with Crippen LogP contribution in [-0.2, 0) is 0 Å². The van der Waals surface area contributed by atoms with E-state index in [1.165, 1.54) is 12.1 Å². The van der Waals surface area contributed by atoms with Gasteiger partial charge in [0.05, 0.1) is 10.5 Å². The van der Waals surface area contributed by atoms with Gasteiger partial charge in [-0.3, -0.25) is 20.8 Å². The summed E-state index contributed by atoms with van der Waals surface area (Å²) >= 11 is 0. The number of carbonyl (C=O) groups is 1. The number of rotatable bonds is 4. The molecule has 0 heterocycles. The standard InChI is InChI=1S/C12H16N4O3/c1-15(8-4-2-5-8)12(17)9-6-3-7-10(16(18)19)11(9)14-13/h3,6-8,14H,2,4-5,13H2,1H3. The van der Waals surface area contributed by atoms with E-state index < -0.39 is 4.92 Å². The molecule has 102 valence electrons. The Hall–Kier alpha value is -2.15. The van der Waals surface area contributed by atoms with Crippen molar-refractivity contribution in [3.8, 4) is 0 Å². The van der Waals surface area contributed by atoms with Crippen LogP contribution in [0.5, 0.6) is 0 Å². The Labute approximate surface area is 110 Å². The summed E-state index contributed by atoms with van der Waals surface area (Å²) in [6.07, 6.45) is 3.06. The van der Waals surface area contributed by atoms with Gasteiger partial charge in [0, 0.05) is 19.2 Å². The van der Waals surface area contributed by atoms with Gasteiger partial charge in [0.15, 0.2) is 0 Å². The molecule has 0 atom stereocenters. The number of amides is 1. The van der Waals surface area contributed by atoms with Crippen molar-refractivity contribution >= 4 is 17.3 Å². The van der Waals surface area contributed by atoms with E-state index in [1.807, 2.05) is 0 Å². The van der Waals surface area contributed by atoms with Crippen molar-refractivity contribution in [2.45, 2.75) is 25.3 Å². The molecule has 3 N–H and O–H groups in total. The molecule has 0 aliphatic heterocycles. The van der Waals surface area contributed by atoms with E-state index in [-0.39, 0.29) is 28.9 Å². The van der Waals surface area contributed by atoms with E-state index in [0.717, 1.165) is 19.3 Å². The van der Waals surface area contributed by atoms with Gasteiger partial charge >= 0.3 is 0 Å². The number of hydrogen-bond acceptors (Lipinski definition) is 5. The molecule has 0 spiro atoms. The Morgan fingerprint density at radius 2 is 2.21 bits per heavy atom. The summed E-state index contributed by atoms with van der Waals surface area (Å²) in [5.74, 6) is 5.08. The molecule has 1 aliphatic rings. The van der Waals surface area contributed by atoms with Crippen molar-refractivity contribution in [2.24, 2.45) is 5.84 Å². The first kappa shape index (κ1) is 13.3. The number of nitro benzene ring substituents is 1. The molecule has 0 bridgehead atoms. The molecular formula is C12H16N4O3. The second-order valence-electron chi connectivity index (χ2n) is 4.60. The smallest absolute Gasteiger partial charge is 0.294 e. The Morgan fingerprint density at radius 3 is 2.68 bits per heavy atom. The molecular weight excluding hydrogens is 248 g/mol. The Morgan fingerprint density at radius 1 is 1.53 bits per heavy atom. The van der Waals surface area contributed by atoms with E-state index in [4.69, 9.17) is 5.84 Å². The number of hydrogen-bond donors (Lipinski definition) is 2. The molecule has 0 saturated heterocycles.